The Morgan fingerprint density at radius 2 is 2.09 bits per heavy atom. The van der Waals surface area contributed by atoms with Crippen LogP contribution < -0.4 is 16.0 Å². The van der Waals surface area contributed by atoms with Crippen LogP contribution in [0.4, 0.5) is 16.2 Å². The van der Waals surface area contributed by atoms with Crippen LogP contribution in [0.1, 0.15) is 28.5 Å². The average Bonchev–Trinajstić information content (AvgIpc) is 2.95. The molecule has 114 valence electrons. The molecule has 0 unspecified atom stereocenters. The first-order valence-electron chi connectivity index (χ1n) is 7.04. The zero-order valence-corrected chi connectivity index (χ0v) is 12.1. The Bertz CT molecular complexity index is 724. The Labute approximate surface area is 126 Å². The largest absolute Gasteiger partial charge is 0.352 e. The molecule has 2 aromatic rings. The molecule has 8 heteroatoms. The fourth-order valence-corrected chi connectivity index (χ4v) is 2.42. The van der Waals surface area contributed by atoms with E-state index in [-0.39, 0.29) is 5.91 Å². The van der Waals surface area contributed by atoms with Crippen molar-refractivity contribution in [2.24, 2.45) is 0 Å². The number of carbonyl (C=O) groups excluding carboxylic acids is 2. The monoisotopic (exact) mass is 300 g/mol. The summed E-state index contributed by atoms with van der Waals surface area (Å²) in [5, 5.41) is 15.0. The summed E-state index contributed by atoms with van der Waals surface area (Å²) in [4.78, 5) is 27.9. The molecule has 3 rings (SSSR count). The van der Waals surface area contributed by atoms with E-state index in [1.807, 2.05) is 6.92 Å². The maximum absolute atomic E-state index is 12.1. The van der Waals surface area contributed by atoms with Gasteiger partial charge in [0.25, 0.3) is 5.91 Å². The Hall–Kier alpha value is -2.90. The van der Waals surface area contributed by atoms with Crippen molar-refractivity contribution < 1.29 is 9.59 Å². The van der Waals surface area contributed by atoms with Gasteiger partial charge in [-0.3, -0.25) is 14.9 Å². The highest BCUT2D eigenvalue weighted by Gasteiger charge is 2.20. The van der Waals surface area contributed by atoms with Gasteiger partial charge in [-0.1, -0.05) is 6.92 Å². The van der Waals surface area contributed by atoms with Gasteiger partial charge in [-0.15, -0.1) is 0 Å². The number of anilines is 2. The summed E-state index contributed by atoms with van der Waals surface area (Å²) in [6, 6.07) is -0.391. The second-order valence-corrected chi connectivity index (χ2v) is 4.91. The number of rotatable bonds is 3. The lowest BCUT2D eigenvalue weighted by atomic mass is 10.0. The van der Waals surface area contributed by atoms with E-state index >= 15 is 0 Å². The summed E-state index contributed by atoms with van der Waals surface area (Å²) in [5.41, 5.74) is 3.34. The quantitative estimate of drug-likeness (QED) is 0.684. The maximum Gasteiger partial charge on any atom is 0.323 e. The second-order valence-electron chi connectivity index (χ2n) is 4.91. The zero-order valence-electron chi connectivity index (χ0n) is 12.1. The van der Waals surface area contributed by atoms with Crippen molar-refractivity contribution in [2.45, 2.75) is 19.8 Å². The maximum atomic E-state index is 12.1. The summed E-state index contributed by atoms with van der Waals surface area (Å²) < 4.78 is 0. The Kier molecular flexibility index (Phi) is 3.73. The van der Waals surface area contributed by atoms with Gasteiger partial charge in [0.1, 0.15) is 0 Å². The topological polar surface area (TPSA) is 112 Å². The predicted octanol–water partition coefficient (Wildman–Crippen LogP) is 1.30. The first kappa shape index (κ1) is 14.1. The van der Waals surface area contributed by atoms with E-state index in [1.54, 1.807) is 12.4 Å². The first-order chi connectivity index (χ1) is 10.7. The van der Waals surface area contributed by atoms with Gasteiger partial charge in [-0.2, -0.15) is 5.10 Å². The number of pyridine rings is 1. The normalized spacial score (nSPS) is 13.2. The van der Waals surface area contributed by atoms with Crippen LogP contribution in [0, 0.1) is 0 Å². The molecule has 1 aliphatic rings. The number of aryl methyl sites for hydroxylation is 1. The highest BCUT2D eigenvalue weighted by atomic mass is 16.2. The molecule has 0 radical (unpaired) electrons. The molecule has 0 bridgehead atoms. The summed E-state index contributed by atoms with van der Waals surface area (Å²) in [6.45, 7) is 2.51. The molecule has 1 aliphatic heterocycles. The molecule has 0 atom stereocenters. The lowest BCUT2D eigenvalue weighted by molar-refractivity contribution is 0.0945. The number of hydrogen-bond donors (Lipinski definition) is 4. The molecular formula is C14H16N6O2. The van der Waals surface area contributed by atoms with Crippen molar-refractivity contribution in [2.75, 3.05) is 17.2 Å². The summed E-state index contributed by atoms with van der Waals surface area (Å²) in [7, 11) is 0. The molecule has 3 amide bonds. The third kappa shape index (κ3) is 2.62. The number of nitrogens with zero attached hydrogens (tertiary/aromatic N) is 2. The summed E-state index contributed by atoms with van der Waals surface area (Å²) in [5.74, 6) is -0.166. The fourth-order valence-electron chi connectivity index (χ4n) is 2.42. The van der Waals surface area contributed by atoms with E-state index < -0.39 is 6.03 Å². The van der Waals surface area contributed by atoms with E-state index in [0.717, 1.165) is 17.7 Å². The molecule has 4 N–H and O–H groups in total. The number of hydrogen-bond acceptors (Lipinski definition) is 4. The Morgan fingerprint density at radius 1 is 1.27 bits per heavy atom. The molecule has 0 aromatic carbocycles. The minimum atomic E-state index is -0.391. The number of fused-ring (bicyclic) bond motifs is 1. The van der Waals surface area contributed by atoms with Crippen molar-refractivity contribution in [1.82, 2.24) is 20.5 Å². The standard InChI is InChI=1S/C14H16N6O2/c1-2-10-12(7-17-20-10)19-14(22)18-11-6-15-5-9-8(11)3-4-16-13(9)21/h5-7H,2-4H2,1H3,(H,16,21)(H,17,20)(H2,18,19,22). The van der Waals surface area contributed by atoms with Crippen LogP contribution in [-0.2, 0) is 12.8 Å². The molecule has 0 spiro atoms. The van der Waals surface area contributed by atoms with Crippen molar-refractivity contribution in [3.63, 3.8) is 0 Å². The van der Waals surface area contributed by atoms with Crippen molar-refractivity contribution in [3.05, 3.63) is 35.4 Å². The third-order valence-corrected chi connectivity index (χ3v) is 3.53. The predicted molar refractivity (Wildman–Crippen MR) is 80.9 cm³/mol. The van der Waals surface area contributed by atoms with Gasteiger partial charge in [0.05, 0.1) is 35.0 Å². The van der Waals surface area contributed by atoms with Gasteiger partial charge in [-0.25, -0.2) is 4.79 Å². The van der Waals surface area contributed by atoms with E-state index in [4.69, 9.17) is 0 Å². The SMILES string of the molecule is CCc1[nH]ncc1NC(=O)Nc1cncc2c1CCNC2=O. The van der Waals surface area contributed by atoms with Crippen LogP contribution in [0.5, 0.6) is 0 Å². The van der Waals surface area contributed by atoms with Gasteiger partial charge < -0.3 is 16.0 Å². The van der Waals surface area contributed by atoms with E-state index in [1.165, 1.54) is 6.20 Å². The molecule has 0 fully saturated rings. The third-order valence-electron chi connectivity index (χ3n) is 3.53. The molecular weight excluding hydrogens is 284 g/mol. The van der Waals surface area contributed by atoms with Crippen molar-refractivity contribution in [3.8, 4) is 0 Å². The number of carbonyl (C=O) groups is 2. The number of urea groups is 1. The average molecular weight is 300 g/mol. The molecule has 0 saturated carbocycles. The lowest BCUT2D eigenvalue weighted by Crippen LogP contribution is -2.33. The Balaban J connectivity index is 1.77. The highest BCUT2D eigenvalue weighted by Crippen LogP contribution is 2.22. The second kappa shape index (κ2) is 5.84. The lowest BCUT2D eigenvalue weighted by Gasteiger charge is -2.19. The van der Waals surface area contributed by atoms with Crippen molar-refractivity contribution in [1.29, 1.82) is 0 Å². The van der Waals surface area contributed by atoms with Crippen LogP contribution in [-0.4, -0.2) is 33.7 Å². The van der Waals surface area contributed by atoms with Gasteiger partial charge >= 0.3 is 6.03 Å². The van der Waals surface area contributed by atoms with Gasteiger partial charge in [-0.05, 0) is 18.4 Å². The van der Waals surface area contributed by atoms with Crippen molar-refractivity contribution >= 4 is 23.3 Å². The van der Waals surface area contributed by atoms with E-state index in [9.17, 15) is 9.59 Å². The van der Waals surface area contributed by atoms with Crippen LogP contribution in [0.3, 0.4) is 0 Å². The number of H-pyrrole nitrogens is 1. The molecule has 0 saturated heterocycles. The van der Waals surface area contributed by atoms with Gasteiger partial charge in [0, 0.05) is 12.7 Å². The molecule has 3 heterocycles. The number of aromatic nitrogens is 3. The van der Waals surface area contributed by atoms with Crippen LogP contribution in [0.15, 0.2) is 18.6 Å². The number of nitrogens with one attached hydrogen (secondary N) is 4. The van der Waals surface area contributed by atoms with Crippen LogP contribution >= 0.6 is 0 Å². The van der Waals surface area contributed by atoms with Gasteiger partial charge in [0.15, 0.2) is 0 Å². The molecule has 8 nitrogen and oxygen atoms in total. The van der Waals surface area contributed by atoms with E-state index in [0.29, 0.717) is 29.9 Å². The minimum Gasteiger partial charge on any atom is -0.352 e. The number of aromatic amines is 1. The molecule has 0 aliphatic carbocycles. The number of amides is 3. The zero-order chi connectivity index (χ0) is 15.5. The Morgan fingerprint density at radius 3 is 2.91 bits per heavy atom. The van der Waals surface area contributed by atoms with Crippen LogP contribution in [0.25, 0.3) is 0 Å². The summed E-state index contributed by atoms with van der Waals surface area (Å²) >= 11 is 0. The minimum absolute atomic E-state index is 0.166. The smallest absolute Gasteiger partial charge is 0.323 e. The first-order valence-corrected chi connectivity index (χ1v) is 7.04. The molecule has 2 aromatic heterocycles. The highest BCUT2D eigenvalue weighted by molar-refractivity contribution is 6.03. The molecule has 22 heavy (non-hydrogen) atoms. The van der Waals surface area contributed by atoms with Crippen LogP contribution in [0.2, 0.25) is 0 Å². The van der Waals surface area contributed by atoms with Gasteiger partial charge in [0.2, 0.25) is 0 Å². The summed E-state index contributed by atoms with van der Waals surface area (Å²) in [6.07, 6.45) is 6.01. The van der Waals surface area contributed by atoms with E-state index in [2.05, 4.69) is 31.1 Å². The fraction of sp³-hybridized carbons (Fsp3) is 0.286.